The average Bonchev–Trinajstić information content (AvgIpc) is 3.76. The Morgan fingerprint density at radius 3 is 1.76 bits per heavy atom. The van der Waals surface area contributed by atoms with E-state index in [1.807, 2.05) is 30.3 Å². The van der Waals surface area contributed by atoms with E-state index in [0.29, 0.717) is 0 Å². The fourth-order valence-corrected chi connectivity index (χ4v) is 7.13. The molecule has 0 spiro atoms. The van der Waals surface area contributed by atoms with Gasteiger partial charge in [0.15, 0.2) is 0 Å². The molecule has 0 unspecified atom stereocenters. The van der Waals surface area contributed by atoms with Crippen LogP contribution in [0.25, 0.3) is 93.6 Å². The van der Waals surface area contributed by atoms with Gasteiger partial charge in [-0.1, -0.05) is 103 Å². The molecule has 0 saturated heterocycles. The van der Waals surface area contributed by atoms with Crippen molar-refractivity contribution < 1.29 is 8.83 Å². The molecule has 0 radical (unpaired) electrons. The van der Waals surface area contributed by atoms with Crippen LogP contribution in [0.5, 0.6) is 0 Å². The topological polar surface area (TPSA) is 31.2 Å². The Morgan fingerprint density at radius 1 is 0.356 bits per heavy atom. The van der Waals surface area contributed by atoms with Gasteiger partial charge in [-0.3, -0.25) is 0 Å². The van der Waals surface area contributed by atoms with Crippen LogP contribution in [0.15, 0.2) is 160 Å². The van der Waals surface area contributed by atoms with Gasteiger partial charge >= 0.3 is 0 Å². The Morgan fingerprint density at radius 2 is 0.956 bits per heavy atom. The largest absolute Gasteiger partial charge is 0.456 e. The van der Waals surface area contributed by atoms with E-state index in [4.69, 9.17) is 8.83 Å². The molecule has 7 aromatic carbocycles. The molecule has 210 valence electrons. The number of para-hydroxylation sites is 3. The number of nitrogens with zero attached hydrogens (tertiary/aromatic N) is 1. The molecule has 10 aromatic rings. The molecule has 3 nitrogen and oxygen atoms in total. The van der Waals surface area contributed by atoms with Crippen molar-refractivity contribution in [1.82, 2.24) is 4.57 Å². The molecule has 0 bridgehead atoms. The van der Waals surface area contributed by atoms with Crippen LogP contribution in [0.2, 0.25) is 0 Å². The lowest BCUT2D eigenvalue weighted by molar-refractivity contribution is 0.668. The Hall–Kier alpha value is -6.06. The van der Waals surface area contributed by atoms with Crippen molar-refractivity contribution in [2.45, 2.75) is 0 Å². The van der Waals surface area contributed by atoms with E-state index in [0.717, 1.165) is 55.1 Å². The number of aromatic nitrogens is 1. The highest BCUT2D eigenvalue weighted by Crippen LogP contribution is 2.39. The minimum Gasteiger partial charge on any atom is -0.456 e. The van der Waals surface area contributed by atoms with E-state index in [2.05, 4.69) is 126 Å². The second kappa shape index (κ2) is 9.22. The van der Waals surface area contributed by atoms with Crippen molar-refractivity contribution in [3.8, 4) is 27.9 Å². The van der Waals surface area contributed by atoms with Crippen LogP contribution in [-0.2, 0) is 0 Å². The number of benzene rings is 7. The average molecular weight is 576 g/mol. The van der Waals surface area contributed by atoms with Crippen molar-refractivity contribution in [3.05, 3.63) is 152 Å². The molecule has 3 heteroatoms. The van der Waals surface area contributed by atoms with E-state index in [1.54, 1.807) is 0 Å². The van der Waals surface area contributed by atoms with Crippen LogP contribution in [0.4, 0.5) is 0 Å². The summed E-state index contributed by atoms with van der Waals surface area (Å²) in [5.41, 5.74) is 11.8. The van der Waals surface area contributed by atoms with E-state index >= 15 is 0 Å². The van der Waals surface area contributed by atoms with E-state index in [1.165, 1.54) is 38.5 Å². The lowest BCUT2D eigenvalue weighted by Gasteiger charge is -2.10. The molecule has 0 aliphatic carbocycles. The second-order valence-corrected chi connectivity index (χ2v) is 11.7. The predicted octanol–water partition coefficient (Wildman–Crippen LogP) is 11.9. The minimum absolute atomic E-state index is 0.906. The Bertz CT molecular complexity index is 2740. The summed E-state index contributed by atoms with van der Waals surface area (Å²) in [5, 5.41) is 7.07. The van der Waals surface area contributed by atoms with E-state index in [-0.39, 0.29) is 0 Å². The van der Waals surface area contributed by atoms with Gasteiger partial charge in [0.2, 0.25) is 0 Å². The zero-order chi connectivity index (χ0) is 29.5. The maximum Gasteiger partial charge on any atom is 0.137 e. The number of furan rings is 2. The predicted molar refractivity (Wildman–Crippen MR) is 186 cm³/mol. The molecule has 0 aliphatic heterocycles. The zero-order valence-corrected chi connectivity index (χ0v) is 24.2. The van der Waals surface area contributed by atoms with Gasteiger partial charge in [0.05, 0.1) is 11.0 Å². The fourth-order valence-electron chi connectivity index (χ4n) is 7.13. The fraction of sp³-hybridized carbons (Fsp3) is 0. The highest BCUT2D eigenvalue weighted by atomic mass is 16.3. The van der Waals surface area contributed by atoms with Crippen molar-refractivity contribution in [2.75, 3.05) is 0 Å². The SMILES string of the molecule is c1ccc2c(c1)oc1cc3c(cc12)c1ccccc1n3-c1ccc(-c2ccc(-c3cccc4oc5ccccc5c34)cc2)cc1. The Balaban J connectivity index is 1.06. The van der Waals surface area contributed by atoms with Crippen molar-refractivity contribution in [1.29, 1.82) is 0 Å². The molecule has 0 fully saturated rings. The van der Waals surface area contributed by atoms with Gasteiger partial charge < -0.3 is 13.4 Å². The monoisotopic (exact) mass is 575 g/mol. The van der Waals surface area contributed by atoms with Crippen molar-refractivity contribution >= 4 is 65.7 Å². The molecule has 0 atom stereocenters. The van der Waals surface area contributed by atoms with Crippen LogP contribution in [0.3, 0.4) is 0 Å². The summed E-state index contributed by atoms with van der Waals surface area (Å²) in [4.78, 5) is 0. The van der Waals surface area contributed by atoms with Crippen LogP contribution in [0, 0.1) is 0 Å². The van der Waals surface area contributed by atoms with Gasteiger partial charge in [-0.25, -0.2) is 0 Å². The molecule has 0 amide bonds. The molecular formula is C42H25NO2. The van der Waals surface area contributed by atoms with Gasteiger partial charge in [0, 0.05) is 44.1 Å². The Labute approximate surface area is 258 Å². The normalized spacial score (nSPS) is 12.0. The molecule has 0 aliphatic rings. The lowest BCUT2D eigenvalue weighted by Crippen LogP contribution is -1.93. The molecule has 0 saturated carbocycles. The number of fused-ring (bicyclic) bond motifs is 9. The number of hydrogen-bond donors (Lipinski definition) is 0. The van der Waals surface area contributed by atoms with Crippen LogP contribution in [0.1, 0.15) is 0 Å². The molecule has 0 N–H and O–H groups in total. The van der Waals surface area contributed by atoms with Crippen molar-refractivity contribution in [3.63, 3.8) is 0 Å². The van der Waals surface area contributed by atoms with E-state index in [9.17, 15) is 0 Å². The van der Waals surface area contributed by atoms with Crippen LogP contribution < -0.4 is 0 Å². The second-order valence-electron chi connectivity index (χ2n) is 11.7. The van der Waals surface area contributed by atoms with Gasteiger partial charge in [-0.15, -0.1) is 0 Å². The summed E-state index contributed by atoms with van der Waals surface area (Å²) in [6.07, 6.45) is 0. The molecule has 3 aromatic heterocycles. The molecule has 10 rings (SSSR count). The number of rotatable bonds is 3. The summed E-state index contributed by atoms with van der Waals surface area (Å²) < 4.78 is 14.8. The third-order valence-corrected chi connectivity index (χ3v) is 9.23. The molecular weight excluding hydrogens is 550 g/mol. The lowest BCUT2D eigenvalue weighted by atomic mass is 9.97. The summed E-state index contributed by atoms with van der Waals surface area (Å²) in [7, 11) is 0. The summed E-state index contributed by atoms with van der Waals surface area (Å²) in [6.45, 7) is 0. The van der Waals surface area contributed by atoms with Gasteiger partial charge in [0.25, 0.3) is 0 Å². The molecule has 45 heavy (non-hydrogen) atoms. The zero-order valence-electron chi connectivity index (χ0n) is 24.2. The van der Waals surface area contributed by atoms with Gasteiger partial charge in [-0.2, -0.15) is 0 Å². The maximum absolute atomic E-state index is 6.29. The summed E-state index contributed by atoms with van der Waals surface area (Å²) in [6, 6.07) is 53.7. The van der Waals surface area contributed by atoms with Gasteiger partial charge in [0.1, 0.15) is 22.3 Å². The first kappa shape index (κ1) is 24.4. The first-order valence-electron chi connectivity index (χ1n) is 15.3. The smallest absolute Gasteiger partial charge is 0.137 e. The quantitative estimate of drug-likeness (QED) is 0.210. The van der Waals surface area contributed by atoms with Crippen LogP contribution in [-0.4, -0.2) is 4.57 Å². The van der Waals surface area contributed by atoms with Crippen molar-refractivity contribution in [2.24, 2.45) is 0 Å². The summed E-state index contributed by atoms with van der Waals surface area (Å²) >= 11 is 0. The third kappa shape index (κ3) is 3.58. The first-order valence-corrected chi connectivity index (χ1v) is 15.3. The Kier molecular flexibility index (Phi) is 5.00. The highest BCUT2D eigenvalue weighted by molar-refractivity contribution is 6.17. The highest BCUT2D eigenvalue weighted by Gasteiger charge is 2.17. The standard InChI is InChI=1S/C42H25NO2/c1-4-12-36-31(8-1)34-24-35-32-9-2-5-13-38(32)45-41(35)25-37(34)43(36)29-22-20-27(21-23-29)26-16-18-28(19-17-26)30-11-7-15-40-42(30)33-10-3-6-14-39(33)44-40/h1-25H. The van der Waals surface area contributed by atoms with Crippen LogP contribution >= 0.6 is 0 Å². The number of hydrogen-bond acceptors (Lipinski definition) is 2. The van der Waals surface area contributed by atoms with E-state index < -0.39 is 0 Å². The molecule has 3 heterocycles. The maximum atomic E-state index is 6.29. The van der Waals surface area contributed by atoms with Gasteiger partial charge in [-0.05, 0) is 64.7 Å². The first-order chi connectivity index (χ1) is 22.3. The summed E-state index contributed by atoms with van der Waals surface area (Å²) in [5.74, 6) is 0. The minimum atomic E-state index is 0.906. The third-order valence-electron chi connectivity index (χ3n) is 9.23.